The second-order valence-corrected chi connectivity index (χ2v) is 21.6. The van der Waals surface area contributed by atoms with Crippen LogP contribution in [0.1, 0.15) is 61.3 Å². The third-order valence-corrected chi connectivity index (χ3v) is 16.5. The minimum absolute atomic E-state index is 0.0936. The zero-order valence-electron chi connectivity index (χ0n) is 33.4. The molecule has 348 valence electrons. The molecule has 62 heavy (non-hydrogen) atoms. The highest BCUT2D eigenvalue weighted by Gasteiger charge is 2.32. The topological polar surface area (TPSA) is 321 Å². The largest absolute Gasteiger partial charge is 0.478 e. The van der Waals surface area contributed by atoms with Crippen LogP contribution in [0.25, 0.3) is 0 Å². The van der Waals surface area contributed by atoms with Crippen LogP contribution < -0.4 is 25.8 Å². The zero-order valence-corrected chi connectivity index (χ0v) is 47.2. The molecule has 10 N–H and O–H groups in total. The molecule has 27 heteroatoms. The Morgan fingerprint density at radius 2 is 0.952 bits per heavy atom. The van der Waals surface area contributed by atoms with Gasteiger partial charge in [-0.2, -0.15) is 0 Å². The van der Waals surface area contributed by atoms with Gasteiger partial charge in [0, 0.05) is 46.3 Å². The highest BCUT2D eigenvalue weighted by Crippen LogP contribution is 2.42. The number of sulfone groups is 1. The summed E-state index contributed by atoms with van der Waals surface area (Å²) >= 11 is 11.1. The number of aliphatic hydroxyl groups is 5. The fourth-order valence-corrected chi connectivity index (χ4v) is 15.5. The van der Waals surface area contributed by atoms with Gasteiger partial charge in [0.2, 0.25) is 23.6 Å². The quantitative estimate of drug-likeness (QED) is 0.0853. The van der Waals surface area contributed by atoms with E-state index in [-0.39, 0.29) is 61.1 Å². The molecule has 0 unspecified atom stereocenters. The number of benzene rings is 2. The van der Waals surface area contributed by atoms with Gasteiger partial charge in [-0.05, 0) is 156 Å². The van der Waals surface area contributed by atoms with Crippen molar-refractivity contribution in [1.29, 1.82) is 0 Å². The number of carboxylic acids is 2. The zero-order chi connectivity index (χ0) is 48.1. The smallest absolute Gasteiger partial charge is 0.338 e. The first-order valence-corrected chi connectivity index (χ1v) is 26.2. The molecule has 0 radical (unpaired) electrons. The first-order valence-electron chi connectivity index (χ1n) is 17.9. The van der Waals surface area contributed by atoms with Crippen molar-refractivity contribution >= 4 is 204 Å². The van der Waals surface area contributed by atoms with Gasteiger partial charge in [-0.25, -0.2) is 18.0 Å². The van der Waals surface area contributed by atoms with Crippen LogP contribution in [-0.4, -0.2) is 149 Å². The number of likely N-dealkylation sites (N-methyl/N-ethyl adjacent to an activating group) is 1. The minimum Gasteiger partial charge on any atom is -0.478 e. The number of nitrogens with one attached hydrogen (secondary N) is 3. The summed E-state index contributed by atoms with van der Waals surface area (Å²) in [6.45, 7) is 6.00. The van der Waals surface area contributed by atoms with Gasteiger partial charge in [0.05, 0.1) is 79.5 Å². The number of hydrogen-bond donors (Lipinski definition) is 10. The Bertz CT molecular complexity index is 2010. The van der Waals surface area contributed by atoms with E-state index >= 15 is 0 Å². The van der Waals surface area contributed by atoms with Crippen molar-refractivity contribution in [2.45, 2.75) is 65.0 Å². The molecule has 4 amide bonds. The van der Waals surface area contributed by atoms with Crippen molar-refractivity contribution in [3.63, 3.8) is 0 Å². The van der Waals surface area contributed by atoms with Gasteiger partial charge in [-0.3, -0.25) is 19.2 Å². The van der Waals surface area contributed by atoms with Crippen molar-refractivity contribution in [3.8, 4) is 0 Å². The molecule has 2 rings (SSSR count). The lowest BCUT2D eigenvalue weighted by molar-refractivity contribution is -0.117. The maximum absolute atomic E-state index is 13.0. The van der Waals surface area contributed by atoms with Crippen molar-refractivity contribution in [2.75, 3.05) is 65.2 Å². The fourth-order valence-electron chi connectivity index (χ4n) is 5.34. The van der Waals surface area contributed by atoms with Gasteiger partial charge in [0.15, 0.2) is 9.84 Å². The molecule has 0 spiro atoms. The van der Waals surface area contributed by atoms with E-state index < -0.39 is 89.0 Å². The molecule has 2 aromatic carbocycles. The number of carbonyl (C=O) groups is 6. The second-order valence-electron chi connectivity index (χ2n) is 12.8. The van der Waals surface area contributed by atoms with E-state index in [1.54, 1.807) is 66.1 Å². The summed E-state index contributed by atoms with van der Waals surface area (Å²) in [6.07, 6.45) is -6.65. The number of nitrogens with zero attached hydrogens (tertiary/aromatic N) is 2. The monoisotopic (exact) mass is 1570 g/mol. The number of hydrogen-bond acceptors (Lipinski definition) is 14. The predicted molar refractivity (Wildman–Crippen MR) is 281 cm³/mol. The highest BCUT2D eigenvalue weighted by molar-refractivity contribution is 14.1. The predicted octanol–water partition coefficient (Wildman–Crippen LogP) is 2.87. The molecular weight excluding hydrogens is 1520 g/mol. The Hall–Kier alpha value is -0.650. The SMILES string of the molecule is CCN(C(C)=O)c1c(I)c(NC(=O)CCS(=O)(=O)CCC(=O)Nc2c(I)c(C(=O)O)c(I)c(N(CC)C(C)=O)c2I)c(I)c(C(=O)O)c1I.CNC[C@H](O)[C@@H](O)[C@H](O)[C@H](O)CO. The average molecular weight is 1570 g/mol. The average Bonchev–Trinajstić information content (AvgIpc) is 3.18. The molecular formula is C35H45I6N5O15S. The second kappa shape index (κ2) is 27.2. The number of rotatable bonds is 20. The van der Waals surface area contributed by atoms with Gasteiger partial charge in [0.25, 0.3) is 0 Å². The number of amides is 4. The molecule has 0 heterocycles. The standard InChI is InChI=1S/C28H28I6N4O10S.C7H17NO5/c1-5-37(11(3)39)25-19(31)15(27(43)44)17(29)23(21(25)33)35-13(41)7-9-49(47,48)10-8-14(42)36-24-18(30)16(28(45)46)20(32)26(22(24)34)38(6-2)12(4)40;1-8-2-4(10)6(12)7(13)5(11)3-9/h5-10H2,1-4H3,(H,35,41)(H,36,42)(H,43,44)(H,45,46);4-13H,2-3H2,1H3/t;4-,5+,6+,7+/m.0/s1. The Labute approximate surface area is 439 Å². The number of aromatic carboxylic acids is 2. The molecule has 0 aliphatic rings. The van der Waals surface area contributed by atoms with Crippen LogP contribution in [0.4, 0.5) is 22.7 Å². The Balaban J connectivity index is 0.00000127. The maximum Gasteiger partial charge on any atom is 0.338 e. The number of aliphatic hydroxyl groups excluding tert-OH is 5. The van der Waals surface area contributed by atoms with Crippen LogP contribution in [0.5, 0.6) is 0 Å². The number of carbonyl (C=O) groups excluding carboxylic acids is 4. The van der Waals surface area contributed by atoms with Gasteiger partial charge in [0.1, 0.15) is 18.3 Å². The summed E-state index contributed by atoms with van der Waals surface area (Å²) in [5.74, 6) is -5.89. The Morgan fingerprint density at radius 1 is 0.613 bits per heavy atom. The Kier molecular flexibility index (Phi) is 26.1. The van der Waals surface area contributed by atoms with E-state index in [2.05, 4.69) is 16.0 Å². The highest BCUT2D eigenvalue weighted by atomic mass is 127. The van der Waals surface area contributed by atoms with Gasteiger partial charge in [-0.1, -0.05) is 0 Å². The van der Waals surface area contributed by atoms with Gasteiger partial charge >= 0.3 is 11.9 Å². The van der Waals surface area contributed by atoms with Crippen LogP contribution in [-0.2, 0) is 29.0 Å². The third kappa shape index (κ3) is 16.0. The van der Waals surface area contributed by atoms with Crippen LogP contribution in [0.15, 0.2) is 0 Å². The van der Waals surface area contributed by atoms with Crippen LogP contribution in [0.3, 0.4) is 0 Å². The molecule has 2 aromatic rings. The van der Waals surface area contributed by atoms with Crippen molar-refractivity contribution < 1.29 is 72.9 Å². The van der Waals surface area contributed by atoms with E-state index in [1.807, 2.05) is 90.4 Å². The van der Waals surface area contributed by atoms with Crippen LogP contribution in [0.2, 0.25) is 0 Å². The first-order chi connectivity index (χ1) is 28.7. The van der Waals surface area contributed by atoms with Crippen molar-refractivity contribution in [3.05, 3.63) is 32.5 Å². The summed E-state index contributed by atoms with van der Waals surface area (Å²) in [6, 6.07) is 0. The summed E-state index contributed by atoms with van der Waals surface area (Å²) in [5.41, 5.74) is 0.647. The lowest BCUT2D eigenvalue weighted by Gasteiger charge is -2.26. The van der Waals surface area contributed by atoms with E-state index in [0.29, 0.717) is 25.7 Å². The van der Waals surface area contributed by atoms with E-state index in [1.165, 1.54) is 23.6 Å². The molecule has 0 saturated carbocycles. The molecule has 0 saturated heterocycles. The summed E-state index contributed by atoms with van der Waals surface area (Å²) < 4.78 is 27.6. The number of halogens is 6. The first kappa shape index (κ1) is 59.4. The van der Waals surface area contributed by atoms with Crippen LogP contribution in [0, 0.1) is 21.4 Å². The van der Waals surface area contributed by atoms with Crippen LogP contribution >= 0.6 is 136 Å². The molecule has 0 aromatic heterocycles. The number of carboxylic acid groups (broad SMARTS) is 2. The molecule has 4 atom stereocenters. The minimum atomic E-state index is -3.95. The maximum atomic E-state index is 13.0. The van der Waals surface area contributed by atoms with Gasteiger partial charge in [-0.15, -0.1) is 0 Å². The molecule has 20 nitrogen and oxygen atoms in total. The molecule has 0 aliphatic carbocycles. The lowest BCUT2D eigenvalue weighted by atomic mass is 10.0. The molecule has 0 bridgehead atoms. The van der Waals surface area contributed by atoms with E-state index in [0.717, 1.165) is 0 Å². The summed E-state index contributed by atoms with van der Waals surface area (Å²) in [4.78, 5) is 77.6. The fraction of sp³-hybridized carbons (Fsp3) is 0.486. The summed E-state index contributed by atoms with van der Waals surface area (Å²) in [5, 5.41) is 72.5. The van der Waals surface area contributed by atoms with E-state index in [9.17, 15) is 52.5 Å². The molecule has 0 fully saturated rings. The molecule has 0 aliphatic heterocycles. The van der Waals surface area contributed by atoms with Gasteiger partial charge < -0.3 is 61.5 Å². The normalized spacial score (nSPS) is 13.2. The summed E-state index contributed by atoms with van der Waals surface area (Å²) in [7, 11) is -2.38. The van der Waals surface area contributed by atoms with E-state index in [4.69, 9.17) is 20.4 Å². The van der Waals surface area contributed by atoms with Crippen molar-refractivity contribution in [1.82, 2.24) is 5.32 Å². The number of anilines is 4. The lowest BCUT2D eigenvalue weighted by Crippen LogP contribution is -2.48. The third-order valence-electron chi connectivity index (χ3n) is 8.50. The Morgan fingerprint density at radius 3 is 1.23 bits per heavy atom. The van der Waals surface area contributed by atoms with Crippen molar-refractivity contribution in [2.24, 2.45) is 0 Å².